The van der Waals surface area contributed by atoms with Gasteiger partial charge in [-0.05, 0) is 50.7 Å². The lowest BCUT2D eigenvalue weighted by Gasteiger charge is -2.09. The highest BCUT2D eigenvalue weighted by atomic mass is 16.5. The second-order valence-electron chi connectivity index (χ2n) is 5.18. The van der Waals surface area contributed by atoms with Crippen LogP contribution in [0.2, 0.25) is 0 Å². The Balaban J connectivity index is 2.45. The molecule has 0 spiro atoms. The lowest BCUT2D eigenvalue weighted by Crippen LogP contribution is -1.93. The molecule has 0 aliphatic carbocycles. The number of hydrogen-bond acceptors (Lipinski definition) is 3. The Bertz CT molecular complexity index is 464. The van der Waals surface area contributed by atoms with Gasteiger partial charge in [-0.2, -0.15) is 0 Å². The van der Waals surface area contributed by atoms with Crippen LogP contribution in [0.15, 0.2) is 29.8 Å². The molecule has 0 aromatic heterocycles. The van der Waals surface area contributed by atoms with Gasteiger partial charge in [-0.1, -0.05) is 17.7 Å². The van der Waals surface area contributed by atoms with Gasteiger partial charge in [-0.15, -0.1) is 0 Å². The van der Waals surface area contributed by atoms with Crippen molar-refractivity contribution in [1.29, 1.82) is 0 Å². The van der Waals surface area contributed by atoms with Gasteiger partial charge in [0.05, 0.1) is 14.2 Å². The number of methoxy groups -OCH3 is 2. The lowest BCUT2D eigenvalue weighted by molar-refractivity contribution is -0.107. The van der Waals surface area contributed by atoms with E-state index in [1.165, 1.54) is 11.1 Å². The Morgan fingerprint density at radius 2 is 1.95 bits per heavy atom. The summed E-state index contributed by atoms with van der Waals surface area (Å²) in [7, 11) is 3.34. The molecule has 0 N–H and O–H groups in total. The Kier molecular flexibility index (Phi) is 8.25. The van der Waals surface area contributed by atoms with E-state index in [4.69, 9.17) is 9.47 Å². The average Bonchev–Trinajstić information content (AvgIpc) is 2.51. The third-order valence-electron chi connectivity index (χ3n) is 3.54. The third-order valence-corrected chi connectivity index (χ3v) is 3.54. The van der Waals surface area contributed by atoms with Crippen LogP contribution in [-0.4, -0.2) is 20.5 Å². The molecule has 3 heteroatoms. The predicted octanol–water partition coefficient (Wildman–Crippen LogP) is 4.34. The molecule has 0 saturated carbocycles. The molecule has 0 saturated heterocycles. The van der Waals surface area contributed by atoms with E-state index in [0.29, 0.717) is 6.42 Å². The van der Waals surface area contributed by atoms with E-state index in [-0.39, 0.29) is 0 Å². The summed E-state index contributed by atoms with van der Waals surface area (Å²) in [5.74, 6) is 1.70. The first-order valence-electron chi connectivity index (χ1n) is 7.51. The summed E-state index contributed by atoms with van der Waals surface area (Å²) < 4.78 is 10.6. The number of unbranched alkanes of at least 4 members (excludes halogenated alkanes) is 2. The minimum absolute atomic E-state index is 0.677. The first-order valence-corrected chi connectivity index (χ1v) is 7.51. The molecular weight excluding hydrogens is 264 g/mol. The van der Waals surface area contributed by atoms with Crippen molar-refractivity contribution in [3.8, 4) is 11.5 Å². The minimum Gasteiger partial charge on any atom is -0.497 e. The molecule has 0 radical (unpaired) electrons. The van der Waals surface area contributed by atoms with Gasteiger partial charge in [-0.3, -0.25) is 0 Å². The van der Waals surface area contributed by atoms with E-state index in [1.807, 2.05) is 12.1 Å². The van der Waals surface area contributed by atoms with Crippen LogP contribution < -0.4 is 9.47 Å². The summed E-state index contributed by atoms with van der Waals surface area (Å²) in [6.07, 6.45) is 9.07. The Morgan fingerprint density at radius 1 is 1.14 bits per heavy atom. The van der Waals surface area contributed by atoms with Crippen molar-refractivity contribution < 1.29 is 14.3 Å². The van der Waals surface area contributed by atoms with E-state index in [9.17, 15) is 4.79 Å². The number of carbonyl (C=O) groups is 1. The van der Waals surface area contributed by atoms with E-state index in [2.05, 4.69) is 19.1 Å². The van der Waals surface area contributed by atoms with Crippen LogP contribution >= 0.6 is 0 Å². The third kappa shape index (κ3) is 6.48. The number of ether oxygens (including phenoxy) is 2. The summed E-state index contributed by atoms with van der Waals surface area (Å²) in [4.78, 5) is 10.2. The zero-order valence-corrected chi connectivity index (χ0v) is 13.4. The van der Waals surface area contributed by atoms with Crippen molar-refractivity contribution in [1.82, 2.24) is 0 Å². The molecule has 1 rings (SSSR count). The lowest BCUT2D eigenvalue weighted by atomic mass is 10.0. The fourth-order valence-corrected chi connectivity index (χ4v) is 2.27. The van der Waals surface area contributed by atoms with Gasteiger partial charge in [0.15, 0.2) is 0 Å². The first kappa shape index (κ1) is 17.3. The number of allylic oxidation sites excluding steroid dienone is 2. The van der Waals surface area contributed by atoms with E-state index >= 15 is 0 Å². The smallest absolute Gasteiger partial charge is 0.125 e. The standard InChI is InChI=1S/C18H26O3/c1-15(8-5-4-6-13-19)9-7-10-16-11-12-17(20-2)14-18(16)21-3/h9,11-14H,4-8,10H2,1-3H3/b15-9+. The summed E-state index contributed by atoms with van der Waals surface area (Å²) in [6.45, 7) is 2.16. The zero-order chi connectivity index (χ0) is 15.5. The predicted molar refractivity (Wildman–Crippen MR) is 86.2 cm³/mol. The molecule has 0 aliphatic heterocycles. The minimum atomic E-state index is 0.677. The highest BCUT2D eigenvalue weighted by Crippen LogP contribution is 2.25. The SMILES string of the molecule is COc1ccc(CC/C=C(\C)CCCCC=O)c(OC)c1. The fraction of sp³-hybridized carbons (Fsp3) is 0.500. The maximum atomic E-state index is 10.2. The van der Waals surface area contributed by atoms with Crippen molar-refractivity contribution in [2.24, 2.45) is 0 Å². The number of hydrogen-bond donors (Lipinski definition) is 0. The van der Waals surface area contributed by atoms with Crippen LogP contribution in [0.1, 0.15) is 44.6 Å². The molecule has 0 bridgehead atoms. The molecule has 1 aromatic rings. The van der Waals surface area contributed by atoms with Gasteiger partial charge in [0, 0.05) is 12.5 Å². The second-order valence-corrected chi connectivity index (χ2v) is 5.18. The van der Waals surface area contributed by atoms with E-state index in [1.54, 1.807) is 14.2 Å². The van der Waals surface area contributed by atoms with Crippen molar-refractivity contribution in [3.05, 3.63) is 35.4 Å². The molecule has 0 amide bonds. The molecule has 0 aliphatic rings. The fourth-order valence-electron chi connectivity index (χ4n) is 2.27. The summed E-state index contributed by atoms with van der Waals surface area (Å²) in [5, 5.41) is 0. The average molecular weight is 290 g/mol. The first-order chi connectivity index (χ1) is 10.2. The normalized spacial score (nSPS) is 11.3. The molecule has 1 aromatic carbocycles. The largest absolute Gasteiger partial charge is 0.497 e. The molecular formula is C18H26O3. The molecule has 0 unspecified atom stereocenters. The summed E-state index contributed by atoms with van der Waals surface area (Å²) >= 11 is 0. The van der Waals surface area contributed by atoms with Crippen molar-refractivity contribution in [2.45, 2.75) is 45.4 Å². The van der Waals surface area contributed by atoms with Crippen LogP contribution in [0.3, 0.4) is 0 Å². The number of aldehydes is 1. The second kappa shape index (κ2) is 10.0. The van der Waals surface area contributed by atoms with Crippen LogP contribution in [0.5, 0.6) is 11.5 Å². The maximum Gasteiger partial charge on any atom is 0.125 e. The van der Waals surface area contributed by atoms with Crippen LogP contribution in [0.25, 0.3) is 0 Å². The zero-order valence-electron chi connectivity index (χ0n) is 13.4. The van der Waals surface area contributed by atoms with Crippen LogP contribution in [-0.2, 0) is 11.2 Å². The van der Waals surface area contributed by atoms with Gasteiger partial charge in [0.25, 0.3) is 0 Å². The topological polar surface area (TPSA) is 35.5 Å². The van der Waals surface area contributed by atoms with Crippen LogP contribution in [0, 0.1) is 0 Å². The number of rotatable bonds is 10. The summed E-state index contributed by atoms with van der Waals surface area (Å²) in [5.41, 5.74) is 2.59. The van der Waals surface area contributed by atoms with Gasteiger partial charge >= 0.3 is 0 Å². The van der Waals surface area contributed by atoms with Gasteiger partial charge < -0.3 is 14.3 Å². The van der Waals surface area contributed by atoms with Gasteiger partial charge in [-0.25, -0.2) is 0 Å². The molecule has 0 atom stereocenters. The van der Waals surface area contributed by atoms with Crippen molar-refractivity contribution in [2.75, 3.05) is 14.2 Å². The molecule has 3 nitrogen and oxygen atoms in total. The molecule has 116 valence electrons. The Morgan fingerprint density at radius 3 is 2.62 bits per heavy atom. The summed E-state index contributed by atoms with van der Waals surface area (Å²) in [6, 6.07) is 5.95. The van der Waals surface area contributed by atoms with E-state index in [0.717, 1.165) is 49.9 Å². The molecule has 0 heterocycles. The number of carbonyl (C=O) groups excluding carboxylic acids is 1. The highest BCUT2D eigenvalue weighted by molar-refractivity contribution is 5.48. The highest BCUT2D eigenvalue weighted by Gasteiger charge is 2.04. The Hall–Kier alpha value is -1.77. The quantitative estimate of drug-likeness (QED) is 0.365. The number of aryl methyl sites for hydroxylation is 1. The van der Waals surface area contributed by atoms with Crippen molar-refractivity contribution in [3.63, 3.8) is 0 Å². The molecule has 0 fully saturated rings. The number of benzene rings is 1. The van der Waals surface area contributed by atoms with Crippen LogP contribution in [0.4, 0.5) is 0 Å². The van der Waals surface area contributed by atoms with Crippen molar-refractivity contribution >= 4 is 6.29 Å². The maximum absolute atomic E-state index is 10.2. The Labute approximate surface area is 128 Å². The van der Waals surface area contributed by atoms with Gasteiger partial charge in [0.1, 0.15) is 17.8 Å². The molecule has 21 heavy (non-hydrogen) atoms. The monoisotopic (exact) mass is 290 g/mol. The van der Waals surface area contributed by atoms with Gasteiger partial charge in [0.2, 0.25) is 0 Å². The van der Waals surface area contributed by atoms with E-state index < -0.39 is 0 Å².